The summed E-state index contributed by atoms with van der Waals surface area (Å²) in [5.41, 5.74) is 1.98. The van der Waals surface area contributed by atoms with Gasteiger partial charge in [-0.2, -0.15) is 0 Å². The van der Waals surface area contributed by atoms with Crippen molar-refractivity contribution in [1.82, 2.24) is 24.7 Å². The van der Waals surface area contributed by atoms with E-state index >= 15 is 0 Å². The molecule has 4 rings (SSSR count). The predicted octanol–water partition coefficient (Wildman–Crippen LogP) is 1.49. The molecule has 1 atom stereocenters. The molecule has 4 heterocycles. The van der Waals surface area contributed by atoms with E-state index in [1.165, 1.54) is 7.11 Å². The summed E-state index contributed by atoms with van der Waals surface area (Å²) in [4.78, 5) is 28.1. The van der Waals surface area contributed by atoms with E-state index in [1.54, 1.807) is 29.1 Å². The van der Waals surface area contributed by atoms with Gasteiger partial charge in [-0.1, -0.05) is 0 Å². The zero-order valence-corrected chi connectivity index (χ0v) is 16.1. The second-order valence-corrected chi connectivity index (χ2v) is 6.92. The number of carbonyl (C=O) groups is 1. The maximum absolute atomic E-state index is 12.8. The van der Waals surface area contributed by atoms with Gasteiger partial charge < -0.3 is 24.7 Å². The van der Waals surface area contributed by atoms with Crippen molar-refractivity contribution in [2.75, 3.05) is 37.0 Å². The quantitative estimate of drug-likeness (QED) is 0.707. The van der Waals surface area contributed by atoms with Gasteiger partial charge in [-0.15, -0.1) is 0 Å². The van der Waals surface area contributed by atoms with Gasteiger partial charge in [0.1, 0.15) is 17.2 Å². The van der Waals surface area contributed by atoms with Gasteiger partial charge in [-0.3, -0.25) is 4.79 Å². The van der Waals surface area contributed by atoms with Gasteiger partial charge in [0.25, 0.3) is 5.91 Å². The molecule has 2 N–H and O–H groups in total. The van der Waals surface area contributed by atoms with Crippen LogP contribution in [0.4, 0.5) is 11.6 Å². The van der Waals surface area contributed by atoms with Crippen molar-refractivity contribution in [2.24, 2.45) is 0 Å². The standard InChI is InChI=1S/C19H23N7O2/c1-12-9-25(5-4-20-12)18-8-21-16(7-22-18)24-19(27)14-11-26-10-13(2)23-17(26)6-15(14)28-3/h6-8,10-12,20H,4-5,9H2,1-3H3,(H,21,24,27). The Kier molecular flexibility index (Phi) is 4.82. The molecule has 1 saturated heterocycles. The minimum absolute atomic E-state index is 0.317. The number of pyridine rings is 1. The zero-order chi connectivity index (χ0) is 19.7. The molecular formula is C19H23N7O2. The van der Waals surface area contributed by atoms with Crippen molar-refractivity contribution in [3.8, 4) is 5.75 Å². The lowest BCUT2D eigenvalue weighted by molar-refractivity contribution is 0.102. The molecular weight excluding hydrogens is 358 g/mol. The fraction of sp³-hybridized carbons (Fsp3) is 0.368. The van der Waals surface area contributed by atoms with Gasteiger partial charge in [0.2, 0.25) is 0 Å². The predicted molar refractivity (Wildman–Crippen MR) is 106 cm³/mol. The number of piperazine rings is 1. The minimum Gasteiger partial charge on any atom is -0.496 e. The highest BCUT2D eigenvalue weighted by Gasteiger charge is 2.18. The summed E-state index contributed by atoms with van der Waals surface area (Å²) < 4.78 is 7.17. The summed E-state index contributed by atoms with van der Waals surface area (Å²) >= 11 is 0. The Morgan fingerprint density at radius 3 is 2.89 bits per heavy atom. The van der Waals surface area contributed by atoms with E-state index in [0.29, 0.717) is 23.2 Å². The van der Waals surface area contributed by atoms with Gasteiger partial charge in [-0.25, -0.2) is 15.0 Å². The lowest BCUT2D eigenvalue weighted by Crippen LogP contribution is -2.49. The summed E-state index contributed by atoms with van der Waals surface area (Å²) in [7, 11) is 1.53. The van der Waals surface area contributed by atoms with Crippen LogP contribution in [-0.2, 0) is 0 Å². The number of methoxy groups -OCH3 is 1. The highest BCUT2D eigenvalue weighted by Crippen LogP contribution is 2.22. The number of nitrogens with one attached hydrogen (secondary N) is 2. The molecule has 0 saturated carbocycles. The molecule has 1 unspecified atom stereocenters. The molecule has 9 nitrogen and oxygen atoms in total. The van der Waals surface area contributed by atoms with Gasteiger partial charge in [-0.05, 0) is 13.8 Å². The lowest BCUT2D eigenvalue weighted by Gasteiger charge is -2.32. The molecule has 3 aromatic rings. The van der Waals surface area contributed by atoms with Gasteiger partial charge in [0.15, 0.2) is 5.82 Å². The first-order valence-corrected chi connectivity index (χ1v) is 9.18. The Balaban J connectivity index is 1.52. The number of hydrogen-bond donors (Lipinski definition) is 2. The largest absolute Gasteiger partial charge is 0.496 e. The second kappa shape index (κ2) is 7.43. The zero-order valence-electron chi connectivity index (χ0n) is 16.1. The van der Waals surface area contributed by atoms with E-state index in [1.807, 2.05) is 13.1 Å². The molecule has 3 aromatic heterocycles. The molecule has 0 radical (unpaired) electrons. The number of anilines is 2. The molecule has 1 aliphatic heterocycles. The monoisotopic (exact) mass is 381 g/mol. The number of rotatable bonds is 4. The summed E-state index contributed by atoms with van der Waals surface area (Å²) in [5, 5.41) is 6.18. The number of ether oxygens (including phenoxy) is 1. The van der Waals surface area contributed by atoms with Crippen LogP contribution in [-0.4, -0.2) is 58.0 Å². The molecule has 1 aliphatic rings. The number of hydrogen-bond acceptors (Lipinski definition) is 7. The Morgan fingerprint density at radius 1 is 1.32 bits per heavy atom. The Bertz CT molecular complexity index is 999. The first-order chi connectivity index (χ1) is 13.5. The van der Waals surface area contributed by atoms with Crippen LogP contribution in [0.5, 0.6) is 5.75 Å². The summed E-state index contributed by atoms with van der Waals surface area (Å²) in [6, 6.07) is 2.14. The summed E-state index contributed by atoms with van der Waals surface area (Å²) in [6.45, 7) is 6.71. The van der Waals surface area contributed by atoms with Crippen LogP contribution in [0.2, 0.25) is 0 Å². The molecule has 1 amide bonds. The van der Waals surface area contributed by atoms with Crippen LogP contribution in [0.15, 0.2) is 30.9 Å². The first-order valence-electron chi connectivity index (χ1n) is 9.18. The Labute approximate surface area is 162 Å². The summed E-state index contributed by atoms with van der Waals surface area (Å²) in [6.07, 6.45) is 6.82. The van der Waals surface area contributed by atoms with E-state index in [-0.39, 0.29) is 5.91 Å². The number of aromatic nitrogens is 4. The SMILES string of the molecule is COc1cc2nc(C)cn2cc1C(=O)Nc1cnc(N2CCNC(C)C2)cn1. The van der Waals surface area contributed by atoms with Crippen LogP contribution in [0, 0.1) is 6.92 Å². The average molecular weight is 381 g/mol. The van der Waals surface area contributed by atoms with E-state index in [0.717, 1.165) is 36.8 Å². The average Bonchev–Trinajstić information content (AvgIpc) is 3.06. The Morgan fingerprint density at radius 2 is 2.18 bits per heavy atom. The van der Waals surface area contributed by atoms with E-state index in [9.17, 15) is 4.79 Å². The van der Waals surface area contributed by atoms with Crippen molar-refractivity contribution < 1.29 is 9.53 Å². The van der Waals surface area contributed by atoms with Crippen molar-refractivity contribution in [2.45, 2.75) is 19.9 Å². The molecule has 0 aliphatic carbocycles. The lowest BCUT2D eigenvalue weighted by atomic mass is 10.2. The third-order valence-electron chi connectivity index (χ3n) is 4.71. The molecule has 9 heteroatoms. The van der Waals surface area contributed by atoms with Crippen LogP contribution < -0.4 is 20.3 Å². The van der Waals surface area contributed by atoms with Gasteiger partial charge >= 0.3 is 0 Å². The fourth-order valence-electron chi connectivity index (χ4n) is 3.36. The van der Waals surface area contributed by atoms with E-state index in [4.69, 9.17) is 4.74 Å². The van der Waals surface area contributed by atoms with Crippen LogP contribution in [0.3, 0.4) is 0 Å². The number of aryl methyl sites for hydroxylation is 1. The van der Waals surface area contributed by atoms with Crippen LogP contribution in [0.1, 0.15) is 23.0 Å². The second-order valence-electron chi connectivity index (χ2n) is 6.92. The molecule has 28 heavy (non-hydrogen) atoms. The normalized spacial score (nSPS) is 17.0. The van der Waals surface area contributed by atoms with E-state index < -0.39 is 0 Å². The number of nitrogens with zero attached hydrogens (tertiary/aromatic N) is 5. The minimum atomic E-state index is -0.317. The summed E-state index contributed by atoms with van der Waals surface area (Å²) in [5.74, 6) is 1.33. The van der Waals surface area contributed by atoms with E-state index in [2.05, 4.69) is 37.4 Å². The van der Waals surface area contributed by atoms with Gasteiger partial charge in [0, 0.05) is 44.1 Å². The Hall–Kier alpha value is -3.20. The van der Waals surface area contributed by atoms with Crippen molar-refractivity contribution in [3.63, 3.8) is 0 Å². The maximum atomic E-state index is 12.8. The highest BCUT2D eigenvalue weighted by atomic mass is 16.5. The maximum Gasteiger partial charge on any atom is 0.262 e. The third-order valence-corrected chi connectivity index (χ3v) is 4.71. The topological polar surface area (TPSA) is 96.7 Å². The van der Waals surface area contributed by atoms with Crippen molar-refractivity contribution >= 4 is 23.2 Å². The molecule has 146 valence electrons. The third kappa shape index (κ3) is 3.61. The molecule has 0 aromatic carbocycles. The smallest absolute Gasteiger partial charge is 0.262 e. The molecule has 0 spiro atoms. The van der Waals surface area contributed by atoms with Crippen LogP contribution in [0.25, 0.3) is 5.65 Å². The fourth-order valence-corrected chi connectivity index (χ4v) is 3.36. The van der Waals surface area contributed by atoms with Crippen molar-refractivity contribution in [1.29, 1.82) is 0 Å². The number of fused-ring (bicyclic) bond motifs is 1. The highest BCUT2D eigenvalue weighted by molar-refractivity contribution is 6.05. The molecule has 1 fully saturated rings. The number of imidazole rings is 1. The molecule has 0 bridgehead atoms. The number of carbonyl (C=O) groups excluding carboxylic acids is 1. The number of amides is 1. The van der Waals surface area contributed by atoms with Crippen LogP contribution >= 0.6 is 0 Å². The van der Waals surface area contributed by atoms with Crippen molar-refractivity contribution in [3.05, 3.63) is 42.1 Å². The first kappa shape index (κ1) is 18.2. The van der Waals surface area contributed by atoms with Gasteiger partial charge in [0.05, 0.1) is 30.8 Å².